The van der Waals surface area contributed by atoms with E-state index in [4.69, 9.17) is 4.74 Å². The predicted octanol–water partition coefficient (Wildman–Crippen LogP) is 2.67. The van der Waals surface area contributed by atoms with E-state index in [0.29, 0.717) is 0 Å². The van der Waals surface area contributed by atoms with Gasteiger partial charge in [0.1, 0.15) is 11.9 Å². The Labute approximate surface area is 109 Å². The third-order valence-electron chi connectivity index (χ3n) is 2.84. The number of likely N-dealkylation sites (N-methyl/N-ethyl adjacent to an activating group) is 1. The van der Waals surface area contributed by atoms with E-state index in [1.165, 1.54) is 0 Å². The fraction of sp³-hybridized carbons (Fsp3) is 0.333. The molecule has 2 rings (SSSR count). The molecule has 0 spiro atoms. The monoisotopic (exact) mass is 244 g/mol. The van der Waals surface area contributed by atoms with E-state index in [0.717, 1.165) is 35.7 Å². The molecular weight excluding hydrogens is 224 g/mol. The van der Waals surface area contributed by atoms with Crippen LogP contribution in [-0.2, 0) is 0 Å². The summed E-state index contributed by atoms with van der Waals surface area (Å²) in [5, 5.41) is 6.45. The Hall–Kier alpha value is -1.74. The van der Waals surface area contributed by atoms with Crippen LogP contribution in [-0.4, -0.2) is 26.2 Å². The highest BCUT2D eigenvalue weighted by atomic mass is 16.5. The highest BCUT2D eigenvalue weighted by molar-refractivity contribution is 5.65. The predicted molar refractivity (Wildman–Crippen MR) is 77.1 cm³/mol. The molecule has 3 heteroatoms. The van der Waals surface area contributed by atoms with Crippen LogP contribution >= 0.6 is 0 Å². The first-order valence-electron chi connectivity index (χ1n) is 6.23. The minimum absolute atomic E-state index is 0.159. The molecular formula is C15H20N2O. The summed E-state index contributed by atoms with van der Waals surface area (Å²) in [5.41, 5.74) is 3.35. The van der Waals surface area contributed by atoms with Crippen molar-refractivity contribution in [1.29, 1.82) is 0 Å². The Morgan fingerprint density at radius 2 is 2.22 bits per heavy atom. The van der Waals surface area contributed by atoms with Gasteiger partial charge in [-0.15, -0.1) is 0 Å². The Bertz CT molecular complexity index is 466. The summed E-state index contributed by atoms with van der Waals surface area (Å²) in [6.45, 7) is 7.64. The molecule has 1 aliphatic heterocycles. The van der Waals surface area contributed by atoms with Gasteiger partial charge in [0, 0.05) is 24.3 Å². The lowest BCUT2D eigenvalue weighted by molar-refractivity contribution is 0.266. The Kier molecular flexibility index (Phi) is 4.05. The van der Waals surface area contributed by atoms with E-state index in [-0.39, 0.29) is 6.10 Å². The van der Waals surface area contributed by atoms with Crippen molar-refractivity contribution in [2.45, 2.75) is 13.0 Å². The van der Waals surface area contributed by atoms with Crippen molar-refractivity contribution < 1.29 is 4.74 Å². The summed E-state index contributed by atoms with van der Waals surface area (Å²) in [4.78, 5) is 0. The van der Waals surface area contributed by atoms with Crippen LogP contribution in [0.5, 0.6) is 5.75 Å². The Morgan fingerprint density at radius 3 is 3.00 bits per heavy atom. The van der Waals surface area contributed by atoms with Gasteiger partial charge in [-0.2, -0.15) is 0 Å². The SMILES string of the molecule is C=C(CNC)CNc1ccc2c(c1)C=CC(C)O2. The summed E-state index contributed by atoms with van der Waals surface area (Å²) >= 11 is 0. The number of rotatable bonds is 5. The molecule has 18 heavy (non-hydrogen) atoms. The van der Waals surface area contributed by atoms with Crippen LogP contribution in [0, 0.1) is 0 Å². The summed E-state index contributed by atoms with van der Waals surface area (Å²) in [7, 11) is 1.92. The quantitative estimate of drug-likeness (QED) is 0.781. The molecule has 1 aromatic carbocycles. The summed E-state index contributed by atoms with van der Waals surface area (Å²) in [5.74, 6) is 0.949. The van der Waals surface area contributed by atoms with Gasteiger partial charge in [0.2, 0.25) is 0 Å². The van der Waals surface area contributed by atoms with Crippen molar-refractivity contribution in [2.24, 2.45) is 0 Å². The largest absolute Gasteiger partial charge is 0.486 e. The van der Waals surface area contributed by atoms with Gasteiger partial charge >= 0.3 is 0 Å². The molecule has 96 valence electrons. The van der Waals surface area contributed by atoms with Crippen LogP contribution in [0.15, 0.2) is 36.4 Å². The van der Waals surface area contributed by atoms with Gasteiger partial charge in [0.25, 0.3) is 0 Å². The summed E-state index contributed by atoms with van der Waals surface area (Å²) in [6.07, 6.45) is 4.33. The number of ether oxygens (including phenoxy) is 1. The lowest BCUT2D eigenvalue weighted by Crippen LogP contribution is -2.16. The van der Waals surface area contributed by atoms with E-state index in [1.54, 1.807) is 0 Å². The molecule has 0 radical (unpaired) electrons. The summed E-state index contributed by atoms with van der Waals surface area (Å²) < 4.78 is 5.71. The molecule has 0 aromatic heterocycles. The lowest BCUT2D eigenvalue weighted by atomic mass is 10.1. The average molecular weight is 244 g/mol. The third-order valence-corrected chi connectivity index (χ3v) is 2.84. The number of hydrogen-bond donors (Lipinski definition) is 2. The molecule has 0 fully saturated rings. The Morgan fingerprint density at radius 1 is 1.39 bits per heavy atom. The van der Waals surface area contributed by atoms with Gasteiger partial charge in [0.15, 0.2) is 0 Å². The number of hydrogen-bond acceptors (Lipinski definition) is 3. The maximum Gasteiger partial charge on any atom is 0.127 e. The van der Waals surface area contributed by atoms with Crippen molar-refractivity contribution >= 4 is 11.8 Å². The first-order valence-corrected chi connectivity index (χ1v) is 6.23. The van der Waals surface area contributed by atoms with E-state index in [2.05, 4.69) is 35.4 Å². The highest BCUT2D eigenvalue weighted by Gasteiger charge is 2.10. The Balaban J connectivity index is 2.00. The van der Waals surface area contributed by atoms with Crippen molar-refractivity contribution in [2.75, 3.05) is 25.5 Å². The lowest BCUT2D eigenvalue weighted by Gasteiger charge is -2.19. The van der Waals surface area contributed by atoms with Crippen LogP contribution in [0.3, 0.4) is 0 Å². The molecule has 1 heterocycles. The van der Waals surface area contributed by atoms with Crippen molar-refractivity contribution in [3.05, 3.63) is 42.0 Å². The van der Waals surface area contributed by atoms with Gasteiger partial charge in [-0.05, 0) is 43.8 Å². The molecule has 1 aromatic rings. The van der Waals surface area contributed by atoms with Crippen LogP contribution in [0.2, 0.25) is 0 Å². The zero-order valence-corrected chi connectivity index (χ0v) is 11.0. The van der Waals surface area contributed by atoms with Gasteiger partial charge in [0.05, 0.1) is 0 Å². The molecule has 0 amide bonds. The van der Waals surface area contributed by atoms with E-state index < -0.39 is 0 Å². The molecule has 1 atom stereocenters. The van der Waals surface area contributed by atoms with Gasteiger partial charge in [-0.3, -0.25) is 0 Å². The fourth-order valence-corrected chi connectivity index (χ4v) is 1.91. The van der Waals surface area contributed by atoms with Crippen molar-refractivity contribution in [3.63, 3.8) is 0 Å². The van der Waals surface area contributed by atoms with Crippen molar-refractivity contribution in [3.8, 4) is 5.75 Å². The molecule has 0 bridgehead atoms. The van der Waals surface area contributed by atoms with E-state index in [1.807, 2.05) is 26.1 Å². The molecule has 0 saturated carbocycles. The first-order chi connectivity index (χ1) is 8.69. The fourth-order valence-electron chi connectivity index (χ4n) is 1.91. The second-order valence-electron chi connectivity index (χ2n) is 4.57. The number of fused-ring (bicyclic) bond motifs is 1. The zero-order chi connectivity index (χ0) is 13.0. The molecule has 0 saturated heterocycles. The first kappa shape index (κ1) is 12.7. The van der Waals surface area contributed by atoms with Crippen LogP contribution < -0.4 is 15.4 Å². The van der Waals surface area contributed by atoms with Gasteiger partial charge in [-0.25, -0.2) is 0 Å². The number of benzene rings is 1. The van der Waals surface area contributed by atoms with Crippen molar-refractivity contribution in [1.82, 2.24) is 5.32 Å². The minimum atomic E-state index is 0.159. The maximum atomic E-state index is 5.71. The maximum absolute atomic E-state index is 5.71. The molecule has 2 N–H and O–H groups in total. The second kappa shape index (κ2) is 5.74. The van der Waals surface area contributed by atoms with Crippen LogP contribution in [0.4, 0.5) is 5.69 Å². The molecule has 1 unspecified atom stereocenters. The minimum Gasteiger partial charge on any atom is -0.486 e. The second-order valence-corrected chi connectivity index (χ2v) is 4.57. The van der Waals surface area contributed by atoms with E-state index in [9.17, 15) is 0 Å². The molecule has 3 nitrogen and oxygen atoms in total. The smallest absolute Gasteiger partial charge is 0.127 e. The van der Waals surface area contributed by atoms with Gasteiger partial charge in [-0.1, -0.05) is 12.7 Å². The van der Waals surface area contributed by atoms with Gasteiger partial charge < -0.3 is 15.4 Å². The molecule has 1 aliphatic rings. The third kappa shape index (κ3) is 3.14. The number of nitrogens with one attached hydrogen (secondary N) is 2. The molecule has 0 aliphatic carbocycles. The van der Waals surface area contributed by atoms with E-state index >= 15 is 0 Å². The zero-order valence-electron chi connectivity index (χ0n) is 11.0. The van der Waals surface area contributed by atoms with Crippen LogP contribution in [0.1, 0.15) is 12.5 Å². The highest BCUT2D eigenvalue weighted by Crippen LogP contribution is 2.28. The topological polar surface area (TPSA) is 33.3 Å². The normalized spacial score (nSPS) is 16.9. The summed E-state index contributed by atoms with van der Waals surface area (Å²) in [6, 6.07) is 6.15. The van der Waals surface area contributed by atoms with Crippen LogP contribution in [0.25, 0.3) is 6.08 Å². The standard InChI is InChI=1S/C15H20N2O/c1-11(9-16-3)10-17-14-6-7-15-13(8-14)5-4-12(2)18-15/h4-8,12,16-17H,1,9-10H2,2-3H3. The number of anilines is 1. The average Bonchev–Trinajstić information content (AvgIpc) is 2.36.